The van der Waals surface area contributed by atoms with Crippen LogP contribution in [0.3, 0.4) is 0 Å². The van der Waals surface area contributed by atoms with Crippen LogP contribution in [0.4, 0.5) is 10.1 Å². The van der Waals surface area contributed by atoms with E-state index in [1.807, 2.05) is 0 Å². The van der Waals surface area contributed by atoms with Gasteiger partial charge in [0, 0.05) is 24.6 Å². The van der Waals surface area contributed by atoms with E-state index >= 15 is 0 Å². The predicted octanol–water partition coefficient (Wildman–Crippen LogP) is 7.56. The van der Waals surface area contributed by atoms with Crippen LogP contribution in [0.1, 0.15) is 134 Å². The molecule has 0 fully saturated rings. The Morgan fingerprint density at radius 1 is 1.05 bits per heavy atom. The Bertz CT molecular complexity index is 1210. The van der Waals surface area contributed by atoms with E-state index in [1.165, 1.54) is 4.68 Å². The van der Waals surface area contributed by atoms with E-state index in [9.17, 15) is 10.1 Å². The molecule has 0 saturated carbocycles. The van der Waals surface area contributed by atoms with Gasteiger partial charge in [-0.2, -0.15) is 9.94 Å². The topological polar surface area (TPSA) is 100 Å². The van der Waals surface area contributed by atoms with Crippen molar-refractivity contribution in [3.8, 4) is 6.07 Å². The third-order valence-corrected chi connectivity index (χ3v) is 8.09. The molecule has 1 aliphatic rings. The molecule has 3 heterocycles. The molecule has 2 aromatic heterocycles. The van der Waals surface area contributed by atoms with Gasteiger partial charge in [0.05, 0.1) is 5.69 Å². The fourth-order valence-corrected chi connectivity index (χ4v) is 5.74. The lowest BCUT2D eigenvalue weighted by Gasteiger charge is -2.21. The minimum Gasteiger partial charge on any atom is -0.348 e. The van der Waals surface area contributed by atoms with Crippen molar-refractivity contribution in [3.05, 3.63) is 28.5 Å². The summed E-state index contributed by atoms with van der Waals surface area (Å²) in [6.45, 7) is 16.7. The molecule has 8 nitrogen and oxygen atoms in total. The second-order valence-corrected chi connectivity index (χ2v) is 11.3. The van der Waals surface area contributed by atoms with Crippen molar-refractivity contribution < 1.29 is 4.79 Å². The molecule has 0 radical (unpaired) electrons. The van der Waals surface area contributed by atoms with Crippen molar-refractivity contribution in [2.45, 2.75) is 112 Å². The fraction of sp³-hybridized carbons (Fsp3) is 0.655. The van der Waals surface area contributed by atoms with E-state index in [4.69, 9.17) is 15.0 Å². The zero-order valence-electron chi connectivity index (χ0n) is 24.2. The molecule has 0 spiro atoms. The zero-order valence-corrected chi connectivity index (χ0v) is 25.0. The van der Waals surface area contributed by atoms with Crippen LogP contribution in [0.15, 0.2) is 16.1 Å². The van der Waals surface area contributed by atoms with Gasteiger partial charge in [-0.3, -0.25) is 4.79 Å². The molecule has 0 saturated heterocycles. The van der Waals surface area contributed by atoms with Crippen LogP contribution < -0.4 is 4.90 Å². The Labute approximate surface area is 231 Å². The number of anilines is 1. The Morgan fingerprint density at radius 3 is 2.26 bits per heavy atom. The number of unbranched alkanes of at least 4 members (excludes halogenated alkanes) is 3. The molecule has 0 amide bonds. The van der Waals surface area contributed by atoms with Crippen LogP contribution in [-0.2, 0) is 0 Å². The van der Waals surface area contributed by atoms with Crippen molar-refractivity contribution in [2.24, 2.45) is 4.99 Å². The monoisotopic (exact) mass is 537 g/mol. The molecule has 1 aliphatic heterocycles. The summed E-state index contributed by atoms with van der Waals surface area (Å²) in [7, 11) is 0. The maximum atomic E-state index is 13.2. The maximum Gasteiger partial charge on any atom is 0.291 e. The number of fused-ring (bicyclic) bond motifs is 1. The first-order valence-corrected chi connectivity index (χ1v) is 15.1. The second-order valence-electron chi connectivity index (χ2n) is 10.4. The van der Waals surface area contributed by atoms with Gasteiger partial charge in [0.1, 0.15) is 22.4 Å². The normalized spacial score (nSPS) is 15.3. The van der Waals surface area contributed by atoms with Gasteiger partial charge in [-0.05, 0) is 38.5 Å². The van der Waals surface area contributed by atoms with Crippen molar-refractivity contribution in [1.82, 2.24) is 19.7 Å². The highest BCUT2D eigenvalue weighted by molar-refractivity contribution is 7.19. The number of nitriles is 1. The summed E-state index contributed by atoms with van der Waals surface area (Å²) in [4.78, 5) is 30.5. The molecule has 2 aromatic rings. The minimum absolute atomic E-state index is 0.0673. The molecule has 0 aromatic carbocycles. The van der Waals surface area contributed by atoms with Crippen LogP contribution in [0.5, 0.6) is 0 Å². The van der Waals surface area contributed by atoms with Gasteiger partial charge < -0.3 is 4.90 Å². The Hall–Kier alpha value is -2.86. The first-order valence-electron chi connectivity index (χ1n) is 14.3. The Balaban J connectivity index is 2.14. The number of thiazole rings is 1. The molecule has 38 heavy (non-hydrogen) atoms. The smallest absolute Gasteiger partial charge is 0.291 e. The van der Waals surface area contributed by atoms with E-state index in [-0.39, 0.29) is 17.4 Å². The molecule has 0 N–H and O–H groups in total. The van der Waals surface area contributed by atoms with Gasteiger partial charge in [0.15, 0.2) is 16.8 Å². The van der Waals surface area contributed by atoms with E-state index in [0.717, 1.165) is 80.3 Å². The van der Waals surface area contributed by atoms with Crippen LogP contribution in [0.25, 0.3) is 0 Å². The van der Waals surface area contributed by atoms with Gasteiger partial charge in [-0.25, -0.2) is 15.0 Å². The van der Waals surface area contributed by atoms with Crippen molar-refractivity contribution in [2.75, 3.05) is 18.0 Å². The summed E-state index contributed by atoms with van der Waals surface area (Å²) in [5, 5.41) is 16.2. The summed E-state index contributed by atoms with van der Waals surface area (Å²) in [5.41, 5.74) is 2.08. The van der Waals surface area contributed by atoms with Crippen LogP contribution in [0.2, 0.25) is 0 Å². The number of aromatic nitrogens is 4. The average molecular weight is 538 g/mol. The molecule has 206 valence electrons. The number of carbonyl (C=O) groups excluding carboxylic acids is 1. The van der Waals surface area contributed by atoms with Crippen molar-refractivity contribution in [1.29, 1.82) is 5.26 Å². The van der Waals surface area contributed by atoms with Gasteiger partial charge in [-0.1, -0.05) is 78.6 Å². The van der Waals surface area contributed by atoms with Crippen molar-refractivity contribution >= 4 is 33.1 Å². The number of hydrogen-bond acceptors (Lipinski definition) is 8. The quantitative estimate of drug-likeness (QED) is 0.246. The minimum atomic E-state index is -0.428. The molecule has 0 bridgehead atoms. The number of allylic oxidation sites excluding steroid dienone is 2. The predicted molar refractivity (Wildman–Crippen MR) is 156 cm³/mol. The van der Waals surface area contributed by atoms with Crippen molar-refractivity contribution in [3.63, 3.8) is 0 Å². The Morgan fingerprint density at radius 2 is 1.71 bits per heavy atom. The van der Waals surface area contributed by atoms with E-state index < -0.39 is 5.91 Å². The Kier molecular flexibility index (Phi) is 10.8. The van der Waals surface area contributed by atoms with Crippen LogP contribution in [0, 0.1) is 11.3 Å². The van der Waals surface area contributed by atoms with Crippen LogP contribution >= 0.6 is 11.3 Å². The first kappa shape index (κ1) is 29.7. The maximum absolute atomic E-state index is 13.2. The number of nitrogens with zero attached hydrogens (tertiary/aromatic N) is 7. The van der Waals surface area contributed by atoms with Crippen LogP contribution in [-0.4, -0.2) is 44.5 Å². The summed E-state index contributed by atoms with van der Waals surface area (Å²) >= 11 is 1.58. The summed E-state index contributed by atoms with van der Waals surface area (Å²) in [6, 6.07) is 2.09. The molecule has 9 heteroatoms. The summed E-state index contributed by atoms with van der Waals surface area (Å²) in [6.07, 6.45) is 8.51. The lowest BCUT2D eigenvalue weighted by molar-refractivity contribution is 0.0941. The lowest BCUT2D eigenvalue weighted by Crippen LogP contribution is -2.28. The fourth-order valence-electron chi connectivity index (χ4n) is 4.59. The largest absolute Gasteiger partial charge is 0.348 e. The highest BCUT2D eigenvalue weighted by atomic mass is 32.1. The van der Waals surface area contributed by atoms with Gasteiger partial charge in [0.25, 0.3) is 5.91 Å². The van der Waals surface area contributed by atoms with E-state index in [1.54, 1.807) is 18.3 Å². The number of hydrogen-bond donors (Lipinski definition) is 0. The average Bonchev–Trinajstić information content (AvgIpc) is 3.53. The van der Waals surface area contributed by atoms with Gasteiger partial charge in [-0.15, -0.1) is 5.10 Å². The summed E-state index contributed by atoms with van der Waals surface area (Å²) in [5.74, 6) is 0.996. The lowest BCUT2D eigenvalue weighted by atomic mass is 9.98. The highest BCUT2D eigenvalue weighted by Crippen LogP contribution is 2.39. The number of rotatable bonds is 14. The SMILES string of the molecule is CCCCC(CC)c1nc2n(n1)C(=O)C(C#N)=C(C)C2=Nc1sc(N(CCCC)CCCC)nc1C(C)C. The highest BCUT2D eigenvalue weighted by Gasteiger charge is 2.34. The summed E-state index contributed by atoms with van der Waals surface area (Å²) < 4.78 is 1.29. The first-order chi connectivity index (χ1) is 18.3. The second kappa shape index (κ2) is 13.8. The molecule has 0 aliphatic carbocycles. The third-order valence-electron chi connectivity index (χ3n) is 7.06. The van der Waals surface area contributed by atoms with Gasteiger partial charge >= 0.3 is 0 Å². The number of carbonyl (C=O) groups is 1. The molecular formula is C29H43N7OS. The zero-order chi connectivity index (χ0) is 27.8. The standard InChI is InChI=1S/C29H43N7OS/c1-8-12-15-21(11-4)25-33-26-24(20(7)22(18-30)28(37)36(26)34-25)31-27-23(19(5)6)32-29(38-27)35(16-13-9-2)17-14-10-3/h19,21H,8-17H2,1-7H3. The molecule has 1 atom stereocenters. The van der Waals surface area contributed by atoms with Gasteiger partial charge in [0.2, 0.25) is 0 Å². The molecule has 3 rings (SSSR count). The molecular weight excluding hydrogens is 494 g/mol. The third kappa shape index (κ3) is 6.40. The molecule has 1 unspecified atom stereocenters. The number of aliphatic imine (C=N–C) groups is 1. The van der Waals surface area contributed by atoms with E-state index in [2.05, 4.69) is 57.6 Å². The van der Waals surface area contributed by atoms with E-state index in [0.29, 0.717) is 22.9 Å².